The Morgan fingerprint density at radius 2 is 2.20 bits per heavy atom. The Morgan fingerprint density at radius 3 is 2.87 bits per heavy atom. The Kier molecular flexibility index (Phi) is 4.42. The molecule has 5 rings (SSSR count). The van der Waals surface area contributed by atoms with Crippen molar-refractivity contribution in [3.63, 3.8) is 0 Å². The molecule has 2 atom stereocenters. The van der Waals surface area contributed by atoms with Crippen molar-refractivity contribution in [2.45, 2.75) is 38.3 Å². The molecular formula is C22H24N6O2. The number of fused-ring (bicyclic) bond motifs is 1. The molecule has 1 saturated heterocycles. The minimum atomic E-state index is -0.164. The van der Waals surface area contributed by atoms with Gasteiger partial charge in [-0.1, -0.05) is 12.1 Å². The lowest BCUT2D eigenvalue weighted by Crippen LogP contribution is -2.26. The number of imidazole rings is 1. The Bertz CT molecular complexity index is 1150. The standard InChI is InChI=1S/C22H24N6O2/c1-12(15-7-20(29)25-10-15)30-22-21-19(26-11-28(21)16-4-5-16)8-18(27-22)13-2-3-14(9-23)17(24)6-13/h2-3,6,8-9,11-12,15-16,23H,4-5,7,10,24H2,1H3,(H,25,29)/t12-,15-/m1/s1. The summed E-state index contributed by atoms with van der Waals surface area (Å²) in [4.78, 5) is 21.1. The molecule has 8 nitrogen and oxygen atoms in total. The second kappa shape index (κ2) is 7.12. The zero-order valence-corrected chi connectivity index (χ0v) is 16.8. The Balaban J connectivity index is 1.57. The first-order valence-corrected chi connectivity index (χ1v) is 10.2. The largest absolute Gasteiger partial charge is 0.473 e. The molecule has 4 N–H and O–H groups in total. The Morgan fingerprint density at radius 1 is 1.37 bits per heavy atom. The van der Waals surface area contributed by atoms with Crippen LogP contribution in [0.1, 0.15) is 37.8 Å². The number of carbonyl (C=O) groups excluding carboxylic acids is 1. The molecule has 2 aliphatic rings. The summed E-state index contributed by atoms with van der Waals surface area (Å²) in [7, 11) is 0. The van der Waals surface area contributed by atoms with E-state index in [2.05, 4.69) is 14.9 Å². The summed E-state index contributed by atoms with van der Waals surface area (Å²) < 4.78 is 8.49. The predicted molar refractivity (Wildman–Crippen MR) is 115 cm³/mol. The number of benzene rings is 1. The number of aromatic nitrogens is 3. The quantitative estimate of drug-likeness (QED) is 0.431. The molecule has 3 heterocycles. The molecule has 154 valence electrons. The monoisotopic (exact) mass is 404 g/mol. The van der Waals surface area contributed by atoms with Crippen molar-refractivity contribution in [1.82, 2.24) is 19.9 Å². The summed E-state index contributed by atoms with van der Waals surface area (Å²) in [6.45, 7) is 2.60. The normalized spacial score (nSPS) is 19.6. The van der Waals surface area contributed by atoms with E-state index in [1.54, 1.807) is 0 Å². The number of amides is 1. The highest BCUT2D eigenvalue weighted by atomic mass is 16.5. The first-order chi connectivity index (χ1) is 14.5. The first-order valence-electron chi connectivity index (χ1n) is 10.2. The van der Waals surface area contributed by atoms with Gasteiger partial charge in [0.15, 0.2) is 0 Å². The number of nitrogens with two attached hydrogens (primary N) is 1. The van der Waals surface area contributed by atoms with Crippen LogP contribution in [0.25, 0.3) is 22.3 Å². The number of nitrogens with one attached hydrogen (secondary N) is 2. The number of hydrogen-bond donors (Lipinski definition) is 3. The highest BCUT2D eigenvalue weighted by molar-refractivity contribution is 5.89. The van der Waals surface area contributed by atoms with Crippen LogP contribution in [0.2, 0.25) is 0 Å². The van der Waals surface area contributed by atoms with Crippen LogP contribution in [0.5, 0.6) is 5.88 Å². The number of hydrogen-bond acceptors (Lipinski definition) is 6. The van der Waals surface area contributed by atoms with E-state index < -0.39 is 0 Å². The third-order valence-electron chi connectivity index (χ3n) is 5.97. The maximum atomic E-state index is 11.6. The fourth-order valence-electron chi connectivity index (χ4n) is 3.98. The van der Waals surface area contributed by atoms with Gasteiger partial charge in [-0.15, -0.1) is 0 Å². The lowest BCUT2D eigenvalue weighted by molar-refractivity contribution is -0.119. The average molecular weight is 404 g/mol. The Labute approximate surface area is 174 Å². The van der Waals surface area contributed by atoms with Crippen LogP contribution in [-0.2, 0) is 4.79 Å². The van der Waals surface area contributed by atoms with Gasteiger partial charge in [0.25, 0.3) is 0 Å². The molecular weight excluding hydrogens is 380 g/mol. The van der Waals surface area contributed by atoms with Crippen LogP contribution >= 0.6 is 0 Å². The number of ether oxygens (including phenoxy) is 1. The summed E-state index contributed by atoms with van der Waals surface area (Å²) in [6.07, 6.45) is 5.66. The van der Waals surface area contributed by atoms with Crippen molar-refractivity contribution < 1.29 is 9.53 Å². The van der Waals surface area contributed by atoms with Gasteiger partial charge in [-0.3, -0.25) is 4.79 Å². The van der Waals surface area contributed by atoms with Crippen LogP contribution in [-0.4, -0.2) is 39.3 Å². The van der Waals surface area contributed by atoms with Crippen LogP contribution in [0, 0.1) is 11.3 Å². The molecule has 1 amide bonds. The summed E-state index contributed by atoms with van der Waals surface area (Å²) in [6, 6.07) is 7.92. The third-order valence-corrected chi connectivity index (χ3v) is 5.97. The fourth-order valence-corrected chi connectivity index (χ4v) is 3.98. The molecule has 3 aromatic rings. The van der Waals surface area contributed by atoms with Gasteiger partial charge < -0.3 is 25.8 Å². The number of carbonyl (C=O) groups is 1. The number of nitrogens with zero attached hydrogens (tertiary/aromatic N) is 3. The molecule has 2 fully saturated rings. The number of anilines is 1. The third kappa shape index (κ3) is 3.28. The van der Waals surface area contributed by atoms with Crippen molar-refractivity contribution in [1.29, 1.82) is 5.41 Å². The molecule has 1 aromatic carbocycles. The lowest BCUT2D eigenvalue weighted by Gasteiger charge is -2.20. The van der Waals surface area contributed by atoms with Gasteiger partial charge in [0.05, 0.1) is 17.5 Å². The van der Waals surface area contributed by atoms with Gasteiger partial charge in [-0.25, -0.2) is 9.97 Å². The molecule has 30 heavy (non-hydrogen) atoms. The van der Waals surface area contributed by atoms with E-state index in [4.69, 9.17) is 20.9 Å². The van der Waals surface area contributed by atoms with E-state index in [0.29, 0.717) is 36.1 Å². The minimum absolute atomic E-state index is 0.0621. The molecule has 0 spiro atoms. The molecule has 0 unspecified atom stereocenters. The van der Waals surface area contributed by atoms with Gasteiger partial charge in [-0.2, -0.15) is 0 Å². The molecule has 1 aliphatic heterocycles. The second-order valence-electron chi connectivity index (χ2n) is 8.14. The molecule has 1 aliphatic carbocycles. The van der Waals surface area contributed by atoms with Crippen LogP contribution in [0.4, 0.5) is 5.69 Å². The van der Waals surface area contributed by atoms with E-state index in [1.807, 2.05) is 37.5 Å². The summed E-state index contributed by atoms with van der Waals surface area (Å²) in [5.41, 5.74) is 10.6. The predicted octanol–water partition coefficient (Wildman–Crippen LogP) is 2.92. The van der Waals surface area contributed by atoms with Gasteiger partial charge in [0.1, 0.15) is 11.6 Å². The number of rotatable bonds is 6. The number of pyridine rings is 1. The topological polar surface area (TPSA) is 119 Å². The van der Waals surface area contributed by atoms with E-state index in [1.165, 1.54) is 6.21 Å². The lowest BCUT2D eigenvalue weighted by atomic mass is 10.0. The van der Waals surface area contributed by atoms with Gasteiger partial charge in [0.2, 0.25) is 11.8 Å². The second-order valence-corrected chi connectivity index (χ2v) is 8.14. The summed E-state index contributed by atoms with van der Waals surface area (Å²) in [5.74, 6) is 0.707. The smallest absolute Gasteiger partial charge is 0.241 e. The minimum Gasteiger partial charge on any atom is -0.473 e. The average Bonchev–Trinajstić information content (AvgIpc) is 3.33. The molecule has 8 heteroatoms. The van der Waals surface area contributed by atoms with E-state index >= 15 is 0 Å². The SMILES string of the molecule is C[C@@H](Oc1nc(-c2ccc(C=N)c(N)c2)cc2ncn(C3CC3)c12)[C@H]1CNC(=O)C1. The van der Waals surface area contributed by atoms with Gasteiger partial charge in [0, 0.05) is 48.0 Å². The molecule has 2 aromatic heterocycles. The zero-order chi connectivity index (χ0) is 20.8. The van der Waals surface area contributed by atoms with E-state index in [0.717, 1.165) is 35.1 Å². The van der Waals surface area contributed by atoms with Crippen molar-refractivity contribution in [3.8, 4) is 17.1 Å². The first kappa shape index (κ1) is 18.6. The van der Waals surface area contributed by atoms with Gasteiger partial charge in [-0.05, 0) is 31.9 Å². The van der Waals surface area contributed by atoms with Crippen molar-refractivity contribution >= 4 is 28.8 Å². The van der Waals surface area contributed by atoms with E-state index in [9.17, 15) is 4.79 Å². The molecule has 1 saturated carbocycles. The van der Waals surface area contributed by atoms with E-state index in [-0.39, 0.29) is 17.9 Å². The van der Waals surface area contributed by atoms with Gasteiger partial charge >= 0.3 is 0 Å². The van der Waals surface area contributed by atoms with Crippen LogP contribution in [0.3, 0.4) is 0 Å². The van der Waals surface area contributed by atoms with Crippen molar-refractivity contribution in [2.24, 2.45) is 5.92 Å². The molecule has 0 radical (unpaired) electrons. The van der Waals surface area contributed by atoms with Crippen LogP contribution < -0.4 is 15.8 Å². The zero-order valence-electron chi connectivity index (χ0n) is 16.8. The Hall–Kier alpha value is -3.42. The maximum absolute atomic E-state index is 11.6. The fraction of sp³-hybridized carbons (Fsp3) is 0.364. The number of nitrogen functional groups attached to an aromatic ring is 1. The summed E-state index contributed by atoms with van der Waals surface area (Å²) >= 11 is 0. The van der Waals surface area contributed by atoms with Crippen molar-refractivity contribution in [2.75, 3.05) is 12.3 Å². The van der Waals surface area contributed by atoms with Crippen LogP contribution in [0.15, 0.2) is 30.6 Å². The maximum Gasteiger partial charge on any atom is 0.241 e. The molecule has 0 bridgehead atoms. The highest BCUT2D eigenvalue weighted by Crippen LogP contribution is 2.40. The highest BCUT2D eigenvalue weighted by Gasteiger charge is 2.31. The summed E-state index contributed by atoms with van der Waals surface area (Å²) in [5, 5.41) is 10.3. The van der Waals surface area contributed by atoms with Crippen molar-refractivity contribution in [3.05, 3.63) is 36.2 Å².